The van der Waals surface area contributed by atoms with E-state index in [9.17, 15) is 5.26 Å². The first-order valence-electron chi connectivity index (χ1n) is 16.3. The van der Waals surface area contributed by atoms with Gasteiger partial charge in [-0.1, -0.05) is 42.5 Å². The summed E-state index contributed by atoms with van der Waals surface area (Å²) in [7, 11) is 0. The molecule has 0 N–H and O–H groups in total. The SMILES string of the molecule is [C-]#[N+]c1ccc2c(c1)c1c3c(ccc1n2-c1ccc2oc4ccc(-n5c6ccccc6c6cc(C#N)ccc65)cc4c2c1)oc1ccccc13. The van der Waals surface area contributed by atoms with Crippen LogP contribution in [0.3, 0.4) is 0 Å². The quantitative estimate of drug-likeness (QED) is 0.177. The van der Waals surface area contributed by atoms with Crippen molar-refractivity contribution in [1.82, 2.24) is 9.13 Å². The molecule has 0 aliphatic heterocycles. The minimum atomic E-state index is 0.596. The third-order valence-corrected chi connectivity index (χ3v) is 10.1. The highest BCUT2D eigenvalue weighted by Gasteiger charge is 2.20. The van der Waals surface area contributed by atoms with E-state index in [-0.39, 0.29) is 0 Å². The summed E-state index contributed by atoms with van der Waals surface area (Å²) in [6.45, 7) is 7.76. The zero-order chi connectivity index (χ0) is 33.1. The van der Waals surface area contributed by atoms with Crippen molar-refractivity contribution >= 4 is 93.2 Å². The van der Waals surface area contributed by atoms with Gasteiger partial charge in [-0.05, 0) is 96.4 Å². The zero-order valence-electron chi connectivity index (χ0n) is 26.3. The number of nitriles is 1. The van der Waals surface area contributed by atoms with Crippen LogP contribution in [0.25, 0.3) is 104 Å². The molecule has 0 saturated heterocycles. The van der Waals surface area contributed by atoms with Gasteiger partial charge in [-0.2, -0.15) is 5.26 Å². The molecule has 4 heterocycles. The molecule has 11 aromatic rings. The fraction of sp³-hybridized carbons (Fsp3) is 0. The maximum Gasteiger partial charge on any atom is 0.188 e. The molecule has 50 heavy (non-hydrogen) atoms. The molecular weight excluding hydrogens is 617 g/mol. The van der Waals surface area contributed by atoms with Crippen LogP contribution < -0.4 is 0 Å². The Morgan fingerprint density at radius 2 is 1.08 bits per heavy atom. The Kier molecular flexibility index (Phi) is 5.16. The summed E-state index contributed by atoms with van der Waals surface area (Å²) >= 11 is 0. The number of benzene rings is 7. The fourth-order valence-electron chi connectivity index (χ4n) is 8.01. The molecule has 0 aliphatic rings. The second-order valence-corrected chi connectivity index (χ2v) is 12.7. The molecule has 0 aliphatic carbocycles. The van der Waals surface area contributed by atoms with Gasteiger partial charge in [0.1, 0.15) is 22.3 Å². The Bertz CT molecular complexity index is 3360. The van der Waals surface area contributed by atoms with Gasteiger partial charge in [0.05, 0.1) is 40.3 Å². The largest absolute Gasteiger partial charge is 0.456 e. The van der Waals surface area contributed by atoms with Crippen molar-refractivity contribution < 1.29 is 8.83 Å². The number of furan rings is 2. The summed E-state index contributed by atoms with van der Waals surface area (Å²) in [4.78, 5) is 3.77. The molecular formula is C44H22N4O2. The predicted molar refractivity (Wildman–Crippen MR) is 201 cm³/mol. The molecule has 11 rings (SSSR count). The first kappa shape index (κ1) is 26.8. The number of hydrogen-bond donors (Lipinski definition) is 0. The van der Waals surface area contributed by atoms with Crippen molar-refractivity contribution in [3.8, 4) is 17.4 Å². The molecule has 0 atom stereocenters. The molecule has 6 nitrogen and oxygen atoms in total. The lowest BCUT2D eigenvalue weighted by Gasteiger charge is -2.09. The van der Waals surface area contributed by atoms with E-state index < -0.39 is 0 Å². The van der Waals surface area contributed by atoms with Gasteiger partial charge < -0.3 is 18.0 Å². The lowest BCUT2D eigenvalue weighted by molar-refractivity contribution is 0.668. The Balaban J connectivity index is 1.19. The van der Waals surface area contributed by atoms with Crippen molar-refractivity contribution in [2.45, 2.75) is 0 Å². The van der Waals surface area contributed by atoms with E-state index in [1.54, 1.807) is 0 Å². The second kappa shape index (κ2) is 9.64. The van der Waals surface area contributed by atoms with Gasteiger partial charge in [-0.15, -0.1) is 0 Å². The number of nitrogens with zero attached hydrogens (tertiary/aromatic N) is 4. The number of aromatic nitrogens is 2. The van der Waals surface area contributed by atoms with Crippen LogP contribution in [0.5, 0.6) is 0 Å². The van der Waals surface area contributed by atoms with E-state index in [1.165, 1.54) is 0 Å². The predicted octanol–water partition coefficient (Wildman–Crippen LogP) is 12.1. The minimum Gasteiger partial charge on any atom is -0.456 e. The molecule has 0 fully saturated rings. The van der Waals surface area contributed by atoms with E-state index in [1.807, 2.05) is 84.9 Å². The van der Waals surface area contributed by atoms with E-state index in [2.05, 4.69) is 68.6 Å². The summed E-state index contributed by atoms with van der Waals surface area (Å²) in [6, 6.07) is 47.4. The van der Waals surface area contributed by atoms with Crippen molar-refractivity contribution in [2.24, 2.45) is 0 Å². The first-order chi connectivity index (χ1) is 24.7. The maximum atomic E-state index is 9.61. The van der Waals surface area contributed by atoms with Gasteiger partial charge in [-0.25, -0.2) is 4.85 Å². The molecule has 0 amide bonds. The van der Waals surface area contributed by atoms with E-state index in [0.29, 0.717) is 11.3 Å². The maximum absolute atomic E-state index is 9.61. The van der Waals surface area contributed by atoms with Gasteiger partial charge in [0.2, 0.25) is 0 Å². The van der Waals surface area contributed by atoms with Crippen molar-refractivity contribution in [3.63, 3.8) is 0 Å². The zero-order valence-corrected chi connectivity index (χ0v) is 26.3. The second-order valence-electron chi connectivity index (χ2n) is 12.7. The van der Waals surface area contributed by atoms with E-state index in [0.717, 1.165) is 98.9 Å². The summed E-state index contributed by atoms with van der Waals surface area (Å²) in [5, 5.41) is 18.0. The van der Waals surface area contributed by atoms with Gasteiger partial charge >= 0.3 is 0 Å². The van der Waals surface area contributed by atoms with E-state index in [4.69, 9.17) is 15.4 Å². The van der Waals surface area contributed by atoms with Crippen LogP contribution in [0, 0.1) is 17.9 Å². The highest BCUT2D eigenvalue weighted by atomic mass is 16.3. The number of hydrogen-bond acceptors (Lipinski definition) is 3. The van der Waals surface area contributed by atoms with Crippen LogP contribution in [0.2, 0.25) is 0 Å². The van der Waals surface area contributed by atoms with Crippen LogP contribution in [0.4, 0.5) is 5.69 Å². The highest BCUT2D eigenvalue weighted by molar-refractivity contribution is 6.27. The van der Waals surface area contributed by atoms with Crippen molar-refractivity contribution in [2.75, 3.05) is 0 Å². The average Bonchev–Trinajstić information content (AvgIpc) is 3.91. The van der Waals surface area contributed by atoms with Crippen LogP contribution in [0.15, 0.2) is 142 Å². The normalized spacial score (nSPS) is 12.0. The average molecular weight is 639 g/mol. The van der Waals surface area contributed by atoms with Gasteiger partial charge in [0, 0.05) is 49.1 Å². The molecule has 0 spiro atoms. The summed E-state index contributed by atoms with van der Waals surface area (Å²) in [5.74, 6) is 0. The van der Waals surface area contributed by atoms with Gasteiger partial charge in [-0.3, -0.25) is 0 Å². The van der Waals surface area contributed by atoms with Crippen molar-refractivity contribution in [1.29, 1.82) is 5.26 Å². The Morgan fingerprint density at radius 1 is 0.480 bits per heavy atom. The van der Waals surface area contributed by atoms with E-state index >= 15 is 0 Å². The summed E-state index contributed by atoms with van der Waals surface area (Å²) in [5.41, 5.74) is 10.7. The smallest absolute Gasteiger partial charge is 0.188 e. The molecule has 6 heteroatoms. The Labute approximate surface area is 283 Å². The fourth-order valence-corrected chi connectivity index (χ4v) is 8.01. The molecule has 4 aromatic heterocycles. The van der Waals surface area contributed by atoms with Crippen molar-refractivity contribution in [3.05, 3.63) is 150 Å². The molecule has 230 valence electrons. The van der Waals surface area contributed by atoms with Gasteiger partial charge in [0.15, 0.2) is 5.69 Å². The molecule has 7 aromatic carbocycles. The Morgan fingerprint density at radius 3 is 1.86 bits per heavy atom. The monoisotopic (exact) mass is 638 g/mol. The topological polar surface area (TPSA) is 64.3 Å². The standard InChI is InChI=1S/C44H22N4O2/c1-46-26-11-15-37-34(21-26)43-38(16-19-42-44(43)30-7-3-5-9-39(30)50-42)48(37)28-13-18-41-33(23-28)32-22-27(12-17-40(32)49-41)47-35-8-4-2-6-29(35)31-20-25(24-45)10-14-36(31)47/h2-23H. The number of para-hydroxylation sites is 2. The lowest BCUT2D eigenvalue weighted by Crippen LogP contribution is -1.94. The lowest BCUT2D eigenvalue weighted by atomic mass is 10.1. The molecule has 0 unspecified atom stereocenters. The van der Waals surface area contributed by atoms with Crippen LogP contribution in [-0.2, 0) is 0 Å². The molecule has 0 saturated carbocycles. The third-order valence-electron chi connectivity index (χ3n) is 10.1. The highest BCUT2D eigenvalue weighted by Crippen LogP contribution is 2.43. The minimum absolute atomic E-state index is 0.596. The van der Waals surface area contributed by atoms with Gasteiger partial charge in [0.25, 0.3) is 0 Å². The first-order valence-corrected chi connectivity index (χ1v) is 16.3. The summed E-state index contributed by atoms with van der Waals surface area (Å²) in [6.07, 6.45) is 0. The Hall–Kier alpha value is -7.28. The van der Waals surface area contributed by atoms with Crippen LogP contribution in [-0.4, -0.2) is 9.13 Å². The number of fused-ring (bicyclic) bond motifs is 13. The third kappa shape index (κ3) is 3.49. The molecule has 0 radical (unpaired) electrons. The molecule has 0 bridgehead atoms. The van der Waals surface area contributed by atoms with Crippen LogP contribution in [0.1, 0.15) is 5.56 Å². The summed E-state index contributed by atoms with van der Waals surface area (Å²) < 4.78 is 17.2. The van der Waals surface area contributed by atoms with Crippen LogP contribution >= 0.6 is 0 Å². The number of rotatable bonds is 2.